The molecule has 1 atom stereocenters. The molecule has 0 spiro atoms. The fraction of sp³-hybridized carbons (Fsp3) is 0.250. The van der Waals surface area contributed by atoms with Crippen LogP contribution < -0.4 is 0 Å². The lowest BCUT2D eigenvalue weighted by molar-refractivity contribution is 0.0624. The molecule has 1 aliphatic heterocycles. The summed E-state index contributed by atoms with van der Waals surface area (Å²) in [5, 5.41) is 0.525. The van der Waals surface area contributed by atoms with E-state index in [1.165, 1.54) is 0 Å². The minimum absolute atomic E-state index is 0.159. The van der Waals surface area contributed by atoms with Crippen molar-refractivity contribution in [3.05, 3.63) is 52.8 Å². The third-order valence-electron chi connectivity index (χ3n) is 4.17. The summed E-state index contributed by atoms with van der Waals surface area (Å²) in [6.07, 6.45) is 3.98. The molecule has 1 N–H and O–H groups in total. The van der Waals surface area contributed by atoms with Gasteiger partial charge in [0.1, 0.15) is 11.8 Å². The van der Waals surface area contributed by atoms with E-state index < -0.39 is 0 Å². The van der Waals surface area contributed by atoms with E-state index in [1.807, 2.05) is 19.1 Å². The molecule has 3 aromatic rings. The molecule has 24 heavy (non-hydrogen) atoms. The SMILES string of the molecule is CC1(I)Cc2ncncc2CN1C(=O)c1nc2c(Cl)cccc2[nH]1. The quantitative estimate of drug-likeness (QED) is 0.348. The Morgan fingerprint density at radius 2 is 2.29 bits per heavy atom. The summed E-state index contributed by atoms with van der Waals surface area (Å²) in [5.74, 6) is 0.134. The van der Waals surface area contributed by atoms with Crippen LogP contribution in [0, 0.1) is 0 Å². The molecular formula is C16H13ClIN5O. The van der Waals surface area contributed by atoms with Crippen LogP contribution in [0.15, 0.2) is 30.7 Å². The number of nitrogens with one attached hydrogen (secondary N) is 1. The van der Waals surface area contributed by atoms with E-state index in [4.69, 9.17) is 11.6 Å². The molecular weight excluding hydrogens is 441 g/mol. The van der Waals surface area contributed by atoms with Crippen molar-refractivity contribution in [3.63, 3.8) is 0 Å². The number of fused-ring (bicyclic) bond motifs is 2. The van der Waals surface area contributed by atoms with Crippen LogP contribution in [0.4, 0.5) is 0 Å². The molecule has 122 valence electrons. The predicted octanol–water partition coefficient (Wildman–Crippen LogP) is 3.36. The lowest BCUT2D eigenvalue weighted by Gasteiger charge is -2.40. The first-order valence-electron chi connectivity index (χ1n) is 7.38. The van der Waals surface area contributed by atoms with E-state index in [2.05, 4.69) is 42.5 Å². The number of aromatic nitrogens is 4. The Morgan fingerprint density at radius 3 is 3.08 bits per heavy atom. The number of hydrogen-bond donors (Lipinski definition) is 1. The Labute approximate surface area is 156 Å². The van der Waals surface area contributed by atoms with Crippen LogP contribution in [0.2, 0.25) is 5.02 Å². The van der Waals surface area contributed by atoms with Crippen molar-refractivity contribution in [2.24, 2.45) is 0 Å². The first-order valence-corrected chi connectivity index (χ1v) is 8.84. The highest BCUT2D eigenvalue weighted by Gasteiger charge is 2.39. The molecule has 2 aromatic heterocycles. The van der Waals surface area contributed by atoms with Crippen LogP contribution in [0.1, 0.15) is 28.8 Å². The second kappa shape index (κ2) is 5.66. The van der Waals surface area contributed by atoms with Crippen molar-refractivity contribution in [1.29, 1.82) is 0 Å². The van der Waals surface area contributed by atoms with Crippen molar-refractivity contribution < 1.29 is 4.79 Å². The maximum Gasteiger partial charge on any atom is 0.291 e. The third-order valence-corrected chi connectivity index (χ3v) is 5.44. The van der Waals surface area contributed by atoms with Gasteiger partial charge in [-0.05, 0) is 19.1 Å². The van der Waals surface area contributed by atoms with Gasteiger partial charge in [0.05, 0.1) is 26.3 Å². The summed E-state index contributed by atoms with van der Waals surface area (Å²) in [4.78, 5) is 30.7. The molecule has 3 heterocycles. The van der Waals surface area contributed by atoms with E-state index >= 15 is 0 Å². The van der Waals surface area contributed by atoms with Gasteiger partial charge in [0.25, 0.3) is 5.91 Å². The molecule has 6 nitrogen and oxygen atoms in total. The van der Waals surface area contributed by atoms with Gasteiger partial charge in [0, 0.05) is 18.2 Å². The zero-order valence-electron chi connectivity index (χ0n) is 12.8. The van der Waals surface area contributed by atoms with E-state index in [9.17, 15) is 4.79 Å². The maximum atomic E-state index is 13.0. The number of carbonyl (C=O) groups excluding carboxylic acids is 1. The average Bonchev–Trinajstić information content (AvgIpc) is 2.98. The number of halogens is 2. The van der Waals surface area contributed by atoms with Crippen molar-refractivity contribution >= 4 is 51.1 Å². The number of nitrogens with zero attached hydrogens (tertiary/aromatic N) is 4. The Bertz CT molecular complexity index is 955. The van der Waals surface area contributed by atoms with Gasteiger partial charge in [-0.3, -0.25) is 4.79 Å². The summed E-state index contributed by atoms with van der Waals surface area (Å²) in [7, 11) is 0. The largest absolute Gasteiger partial charge is 0.334 e. The molecule has 1 amide bonds. The van der Waals surface area contributed by atoms with E-state index in [0.717, 1.165) is 16.8 Å². The van der Waals surface area contributed by atoms with Crippen LogP contribution in [-0.2, 0) is 13.0 Å². The summed E-state index contributed by atoms with van der Waals surface area (Å²) in [6.45, 7) is 2.48. The number of hydrogen-bond acceptors (Lipinski definition) is 4. The highest BCUT2D eigenvalue weighted by molar-refractivity contribution is 14.1. The minimum atomic E-state index is -0.390. The van der Waals surface area contributed by atoms with Gasteiger partial charge in [-0.2, -0.15) is 0 Å². The highest BCUT2D eigenvalue weighted by atomic mass is 127. The molecule has 1 aliphatic rings. The average molecular weight is 454 g/mol. The van der Waals surface area contributed by atoms with E-state index in [1.54, 1.807) is 23.5 Å². The summed E-state index contributed by atoms with van der Waals surface area (Å²) in [5.41, 5.74) is 3.31. The zero-order valence-corrected chi connectivity index (χ0v) is 15.7. The van der Waals surface area contributed by atoms with Crippen LogP contribution in [0.25, 0.3) is 11.0 Å². The second-order valence-corrected chi connectivity index (χ2v) is 8.66. The fourth-order valence-corrected chi connectivity index (χ4v) is 3.89. The number of para-hydroxylation sites is 1. The van der Waals surface area contributed by atoms with Gasteiger partial charge < -0.3 is 9.88 Å². The predicted molar refractivity (Wildman–Crippen MR) is 99.1 cm³/mol. The molecule has 0 saturated carbocycles. The number of imidazole rings is 1. The van der Waals surface area contributed by atoms with E-state index in [0.29, 0.717) is 29.3 Å². The normalized spacial score (nSPS) is 20.2. The molecule has 0 bridgehead atoms. The number of H-pyrrole nitrogens is 1. The Balaban J connectivity index is 1.74. The van der Waals surface area contributed by atoms with Crippen LogP contribution in [0.3, 0.4) is 0 Å². The maximum absolute atomic E-state index is 13.0. The Kier molecular flexibility index (Phi) is 3.72. The van der Waals surface area contributed by atoms with Gasteiger partial charge in [-0.25, -0.2) is 15.0 Å². The van der Waals surface area contributed by atoms with Gasteiger partial charge >= 0.3 is 0 Å². The number of benzene rings is 1. The minimum Gasteiger partial charge on any atom is -0.334 e. The van der Waals surface area contributed by atoms with Crippen LogP contribution in [-0.4, -0.2) is 34.3 Å². The highest BCUT2D eigenvalue weighted by Crippen LogP contribution is 2.35. The first-order chi connectivity index (χ1) is 11.5. The number of rotatable bonds is 1. The smallest absolute Gasteiger partial charge is 0.291 e. The lowest BCUT2D eigenvalue weighted by Crippen LogP contribution is -2.49. The lowest BCUT2D eigenvalue weighted by atomic mass is 10.0. The standard InChI is InChI=1S/C16H13ClIN5O/c1-16(18)5-12-9(6-19-8-20-12)7-23(16)15(24)14-21-11-4-2-3-10(17)13(11)22-14/h2-4,6,8H,5,7H2,1H3,(H,21,22). The second-order valence-electron chi connectivity index (χ2n) is 5.93. The molecule has 4 rings (SSSR count). The fourth-order valence-electron chi connectivity index (χ4n) is 2.92. The zero-order chi connectivity index (χ0) is 16.9. The molecule has 0 saturated heterocycles. The van der Waals surface area contributed by atoms with Crippen LogP contribution >= 0.6 is 34.2 Å². The summed E-state index contributed by atoms with van der Waals surface area (Å²) >= 11 is 8.45. The Morgan fingerprint density at radius 1 is 1.46 bits per heavy atom. The molecule has 0 radical (unpaired) electrons. The summed E-state index contributed by atoms with van der Waals surface area (Å²) in [6, 6.07) is 5.44. The summed E-state index contributed by atoms with van der Waals surface area (Å²) < 4.78 is -0.390. The topological polar surface area (TPSA) is 74.8 Å². The first kappa shape index (κ1) is 15.8. The van der Waals surface area contributed by atoms with Gasteiger partial charge in [0.15, 0.2) is 5.82 Å². The van der Waals surface area contributed by atoms with Crippen molar-refractivity contribution in [1.82, 2.24) is 24.8 Å². The van der Waals surface area contributed by atoms with Crippen molar-refractivity contribution in [2.75, 3.05) is 0 Å². The monoisotopic (exact) mass is 453 g/mol. The number of alkyl halides is 1. The third kappa shape index (κ3) is 2.55. The molecule has 0 fully saturated rings. The van der Waals surface area contributed by atoms with Crippen molar-refractivity contribution in [3.8, 4) is 0 Å². The van der Waals surface area contributed by atoms with Crippen molar-refractivity contribution in [2.45, 2.75) is 23.4 Å². The molecule has 0 aliphatic carbocycles. The number of amides is 1. The number of aromatic amines is 1. The van der Waals surface area contributed by atoms with Gasteiger partial charge in [0.2, 0.25) is 0 Å². The Hall–Kier alpha value is -1.74. The van der Waals surface area contributed by atoms with Gasteiger partial charge in [-0.15, -0.1) is 0 Å². The van der Waals surface area contributed by atoms with Gasteiger partial charge in [-0.1, -0.05) is 40.3 Å². The molecule has 1 unspecified atom stereocenters. The molecule has 1 aromatic carbocycles. The number of carbonyl (C=O) groups is 1. The van der Waals surface area contributed by atoms with Crippen LogP contribution in [0.5, 0.6) is 0 Å². The van der Waals surface area contributed by atoms with E-state index in [-0.39, 0.29) is 9.45 Å². The molecule has 8 heteroatoms.